The third-order valence-corrected chi connectivity index (χ3v) is 3.27. The van der Waals surface area contributed by atoms with E-state index in [1.54, 1.807) is 6.92 Å². The molecular weight excluding hydrogens is 248 g/mol. The second-order valence-corrected chi connectivity index (χ2v) is 4.82. The van der Waals surface area contributed by atoms with E-state index < -0.39 is 5.97 Å². The fraction of sp³-hybridized carbons (Fsp3) is 0.0556. The number of rotatable bonds is 2. The first kappa shape index (κ1) is 12.4. The fourth-order valence-electron chi connectivity index (χ4n) is 2.26. The van der Waals surface area contributed by atoms with Crippen LogP contribution in [0.25, 0.3) is 21.5 Å². The van der Waals surface area contributed by atoms with E-state index in [1.165, 1.54) is 0 Å². The van der Waals surface area contributed by atoms with Crippen molar-refractivity contribution in [3.05, 3.63) is 66.7 Å². The second kappa shape index (κ2) is 4.82. The van der Waals surface area contributed by atoms with Gasteiger partial charge in [0.1, 0.15) is 5.75 Å². The van der Waals surface area contributed by atoms with E-state index in [1.807, 2.05) is 48.5 Å². The average Bonchev–Trinajstić information content (AvgIpc) is 2.46. The minimum absolute atomic E-state index is 0.391. The van der Waals surface area contributed by atoms with Crippen LogP contribution in [0.3, 0.4) is 0 Å². The zero-order valence-electron chi connectivity index (χ0n) is 11.2. The molecule has 2 nitrogen and oxygen atoms in total. The number of benzene rings is 3. The number of carbonyl (C=O) groups excluding carboxylic acids is 1. The molecule has 20 heavy (non-hydrogen) atoms. The third-order valence-electron chi connectivity index (χ3n) is 3.27. The Morgan fingerprint density at radius 1 is 0.950 bits per heavy atom. The maximum absolute atomic E-state index is 11.9. The van der Waals surface area contributed by atoms with E-state index in [9.17, 15) is 4.79 Å². The van der Waals surface area contributed by atoms with Crippen molar-refractivity contribution in [2.24, 2.45) is 0 Å². The highest BCUT2D eigenvalue weighted by Gasteiger charge is 2.12. The Labute approximate surface area is 117 Å². The van der Waals surface area contributed by atoms with Crippen molar-refractivity contribution in [3.8, 4) is 5.75 Å². The van der Waals surface area contributed by atoms with Gasteiger partial charge in [-0.05, 0) is 23.8 Å². The van der Waals surface area contributed by atoms with Crippen LogP contribution in [0.5, 0.6) is 5.75 Å². The van der Waals surface area contributed by atoms with Crippen molar-refractivity contribution in [1.82, 2.24) is 0 Å². The molecule has 0 spiro atoms. The summed E-state index contributed by atoms with van der Waals surface area (Å²) in [5.74, 6) is 0.207. The molecule has 3 aromatic carbocycles. The Kier molecular flexibility index (Phi) is 2.99. The van der Waals surface area contributed by atoms with Crippen molar-refractivity contribution in [3.63, 3.8) is 0 Å². The molecule has 2 heteroatoms. The van der Waals surface area contributed by atoms with Gasteiger partial charge in [0.25, 0.3) is 0 Å². The Morgan fingerprint density at radius 3 is 1.95 bits per heavy atom. The van der Waals surface area contributed by atoms with Crippen LogP contribution in [0.4, 0.5) is 0 Å². The van der Waals surface area contributed by atoms with Gasteiger partial charge in [0.05, 0.1) is 0 Å². The highest BCUT2D eigenvalue weighted by atomic mass is 16.5. The second-order valence-electron chi connectivity index (χ2n) is 4.82. The van der Waals surface area contributed by atoms with Crippen molar-refractivity contribution in [2.45, 2.75) is 6.92 Å². The topological polar surface area (TPSA) is 26.3 Å². The van der Waals surface area contributed by atoms with Gasteiger partial charge in [-0.25, -0.2) is 4.79 Å². The predicted molar refractivity (Wildman–Crippen MR) is 81.9 cm³/mol. The number of fused-ring (bicyclic) bond motifs is 2. The Hall–Kier alpha value is -2.61. The minimum Gasteiger partial charge on any atom is -0.422 e. The molecule has 0 aromatic heterocycles. The molecule has 0 aliphatic carbocycles. The highest BCUT2D eigenvalue weighted by Crippen LogP contribution is 2.35. The number of carbonyl (C=O) groups is 1. The summed E-state index contributed by atoms with van der Waals surface area (Å²) in [6.07, 6.45) is 0. The van der Waals surface area contributed by atoms with Gasteiger partial charge in [-0.2, -0.15) is 0 Å². The van der Waals surface area contributed by atoms with Crippen LogP contribution in [-0.4, -0.2) is 5.97 Å². The van der Waals surface area contributed by atoms with Crippen LogP contribution in [0.15, 0.2) is 66.7 Å². The van der Waals surface area contributed by atoms with E-state index in [-0.39, 0.29) is 0 Å². The summed E-state index contributed by atoms with van der Waals surface area (Å²) in [7, 11) is 0. The molecule has 0 saturated carbocycles. The van der Waals surface area contributed by atoms with Gasteiger partial charge >= 0.3 is 5.97 Å². The van der Waals surface area contributed by atoms with Gasteiger partial charge in [-0.1, -0.05) is 55.1 Å². The SMILES string of the molecule is C=C(C)C(=O)Oc1c2ccccc2cc2ccccc12. The number of esters is 1. The Balaban J connectivity index is 2.33. The molecule has 0 N–H and O–H groups in total. The van der Waals surface area contributed by atoms with Crippen LogP contribution in [0.1, 0.15) is 6.92 Å². The number of hydrogen-bond donors (Lipinski definition) is 0. The molecule has 0 aliphatic heterocycles. The number of ether oxygens (including phenoxy) is 1. The largest absolute Gasteiger partial charge is 0.422 e. The summed E-state index contributed by atoms with van der Waals surface area (Å²) >= 11 is 0. The first-order valence-electron chi connectivity index (χ1n) is 6.45. The molecule has 0 fully saturated rings. The third kappa shape index (κ3) is 2.05. The van der Waals surface area contributed by atoms with Crippen molar-refractivity contribution >= 4 is 27.5 Å². The smallest absolute Gasteiger partial charge is 0.338 e. The van der Waals surface area contributed by atoms with E-state index in [4.69, 9.17) is 4.74 Å². The Morgan fingerprint density at radius 2 is 1.45 bits per heavy atom. The van der Waals surface area contributed by atoms with Crippen LogP contribution < -0.4 is 4.74 Å². The van der Waals surface area contributed by atoms with Crippen LogP contribution in [-0.2, 0) is 4.79 Å². The molecule has 0 saturated heterocycles. The summed E-state index contributed by atoms with van der Waals surface area (Å²) in [6.45, 7) is 5.29. The summed E-state index contributed by atoms with van der Waals surface area (Å²) in [4.78, 5) is 11.9. The van der Waals surface area contributed by atoms with Crippen LogP contribution in [0.2, 0.25) is 0 Å². The van der Waals surface area contributed by atoms with Crippen molar-refractivity contribution in [1.29, 1.82) is 0 Å². The van der Waals surface area contributed by atoms with E-state index in [0.717, 1.165) is 21.5 Å². The van der Waals surface area contributed by atoms with E-state index >= 15 is 0 Å². The maximum Gasteiger partial charge on any atom is 0.338 e. The lowest BCUT2D eigenvalue weighted by atomic mass is 10.0. The van der Waals surface area contributed by atoms with Crippen molar-refractivity contribution < 1.29 is 9.53 Å². The lowest BCUT2D eigenvalue weighted by Gasteiger charge is -2.11. The summed E-state index contributed by atoms with van der Waals surface area (Å²) < 4.78 is 5.56. The van der Waals surface area contributed by atoms with E-state index in [0.29, 0.717) is 11.3 Å². The highest BCUT2D eigenvalue weighted by molar-refractivity contribution is 6.07. The van der Waals surface area contributed by atoms with Crippen LogP contribution >= 0.6 is 0 Å². The van der Waals surface area contributed by atoms with Gasteiger partial charge < -0.3 is 4.74 Å². The molecular formula is C18H14O2. The molecule has 0 amide bonds. The van der Waals surface area contributed by atoms with Crippen molar-refractivity contribution in [2.75, 3.05) is 0 Å². The predicted octanol–water partition coefficient (Wildman–Crippen LogP) is 4.47. The Bertz CT molecular complexity index is 777. The standard InChI is InChI=1S/C18H14O2/c1-12(2)18(19)20-17-15-9-5-3-7-13(15)11-14-8-4-6-10-16(14)17/h3-11H,1H2,2H3. The molecule has 0 bridgehead atoms. The fourth-order valence-corrected chi connectivity index (χ4v) is 2.26. The lowest BCUT2D eigenvalue weighted by Crippen LogP contribution is -2.08. The van der Waals surface area contributed by atoms with Gasteiger partial charge in [-0.15, -0.1) is 0 Å². The molecule has 0 unspecified atom stereocenters. The van der Waals surface area contributed by atoms with Gasteiger partial charge in [0.2, 0.25) is 0 Å². The first-order valence-corrected chi connectivity index (χ1v) is 6.45. The zero-order chi connectivity index (χ0) is 14.1. The zero-order valence-corrected chi connectivity index (χ0v) is 11.2. The summed E-state index contributed by atoms with van der Waals surface area (Å²) in [5.41, 5.74) is 0.391. The molecule has 3 aromatic rings. The summed E-state index contributed by atoms with van der Waals surface area (Å²) in [5, 5.41) is 3.97. The van der Waals surface area contributed by atoms with Gasteiger partial charge in [0, 0.05) is 16.3 Å². The number of hydrogen-bond acceptors (Lipinski definition) is 2. The molecule has 0 atom stereocenters. The van der Waals surface area contributed by atoms with Crippen LogP contribution in [0, 0.1) is 0 Å². The minimum atomic E-state index is -0.397. The van der Waals surface area contributed by atoms with Gasteiger partial charge in [0.15, 0.2) is 0 Å². The maximum atomic E-state index is 11.9. The molecule has 3 rings (SSSR count). The van der Waals surface area contributed by atoms with Gasteiger partial charge in [-0.3, -0.25) is 0 Å². The molecule has 0 aliphatic rings. The van der Waals surface area contributed by atoms with E-state index in [2.05, 4.69) is 12.6 Å². The quantitative estimate of drug-likeness (QED) is 0.295. The molecule has 0 radical (unpaired) electrons. The monoisotopic (exact) mass is 262 g/mol. The lowest BCUT2D eigenvalue weighted by molar-refractivity contribution is -0.129. The first-order chi connectivity index (χ1) is 9.66. The molecule has 0 heterocycles. The summed E-state index contributed by atoms with van der Waals surface area (Å²) in [6, 6.07) is 17.9. The average molecular weight is 262 g/mol. The molecule has 98 valence electrons. The normalized spacial score (nSPS) is 10.7.